The maximum Gasteiger partial charge on any atom is 0.308 e. The van der Waals surface area contributed by atoms with Crippen molar-refractivity contribution in [1.29, 1.82) is 0 Å². The largest absolute Gasteiger partial charge is 0.491 e. The molecule has 13 heteroatoms. The fourth-order valence-electron chi connectivity index (χ4n) is 5.48. The number of carbonyl (C=O) groups is 4. The van der Waals surface area contributed by atoms with Gasteiger partial charge in [-0.15, -0.1) is 0 Å². The lowest BCUT2D eigenvalue weighted by atomic mass is 9.86. The number of carbonyl (C=O) groups excluding carboxylic acids is 4. The van der Waals surface area contributed by atoms with Crippen LogP contribution in [0.3, 0.4) is 0 Å². The Bertz CT molecular complexity index is 1600. The number of benzene rings is 3. The minimum atomic E-state index is -1.41. The summed E-state index contributed by atoms with van der Waals surface area (Å²) in [5, 5.41) is 1.36. The van der Waals surface area contributed by atoms with Crippen molar-refractivity contribution in [3.8, 4) is 5.75 Å². The summed E-state index contributed by atoms with van der Waals surface area (Å²) in [7, 11) is 2.32. The van der Waals surface area contributed by atoms with Crippen molar-refractivity contribution in [3.05, 3.63) is 75.8 Å². The molecule has 0 aromatic heterocycles. The monoisotopic (exact) mass is 648 g/mol. The second kappa shape index (κ2) is 14.2. The van der Waals surface area contributed by atoms with Gasteiger partial charge in [-0.25, -0.2) is 8.78 Å². The first kappa shape index (κ1) is 33.6. The number of hydrogen-bond acceptors (Lipinski definition) is 10. The fraction of sp³-hybridized carbons (Fsp3) is 0.375. The van der Waals surface area contributed by atoms with Gasteiger partial charge < -0.3 is 28.4 Å². The topological polar surface area (TPSA) is 124 Å². The molecule has 0 spiro atoms. The van der Waals surface area contributed by atoms with Gasteiger partial charge in [-0.1, -0.05) is 41.9 Å². The molecule has 1 saturated heterocycles. The zero-order valence-electron chi connectivity index (χ0n) is 25.1. The number of methoxy groups -OCH3 is 2. The molecule has 3 aromatic carbocycles. The van der Waals surface area contributed by atoms with Crippen LogP contribution in [-0.4, -0.2) is 62.5 Å². The van der Waals surface area contributed by atoms with Crippen molar-refractivity contribution in [2.75, 3.05) is 14.2 Å². The van der Waals surface area contributed by atoms with Gasteiger partial charge in [0.15, 0.2) is 35.7 Å². The third-order valence-electron chi connectivity index (χ3n) is 7.18. The summed E-state index contributed by atoms with van der Waals surface area (Å²) in [4.78, 5) is 49.2. The molecule has 45 heavy (non-hydrogen) atoms. The number of hydrogen-bond donors (Lipinski definition) is 0. The highest BCUT2D eigenvalue weighted by Crippen LogP contribution is 2.43. The SMILES string of the molecule is COC(=O)C[C@H]1O[C@@H](c2cc(Cc3cc(F)c(OC)c(F)c3)c(Cl)c3ccccc23)[C@H](OC(C)=O)[C@H](OC(C)=O)[C@@H]1OC(C)=O. The van der Waals surface area contributed by atoms with E-state index in [4.69, 9.17) is 40.0 Å². The lowest BCUT2D eigenvalue weighted by Crippen LogP contribution is -2.58. The molecule has 0 N–H and O–H groups in total. The van der Waals surface area contributed by atoms with Crippen molar-refractivity contribution in [1.82, 2.24) is 0 Å². The first-order valence-electron chi connectivity index (χ1n) is 13.8. The molecule has 0 aliphatic carbocycles. The lowest BCUT2D eigenvalue weighted by molar-refractivity contribution is -0.249. The Morgan fingerprint density at radius 1 is 0.822 bits per heavy atom. The summed E-state index contributed by atoms with van der Waals surface area (Å²) in [6.45, 7) is 3.39. The molecule has 1 fully saturated rings. The van der Waals surface area contributed by atoms with Gasteiger partial charge >= 0.3 is 23.9 Å². The molecular formula is C32H31ClF2O10. The van der Waals surface area contributed by atoms with E-state index in [9.17, 15) is 28.0 Å². The van der Waals surface area contributed by atoms with E-state index in [1.165, 1.54) is 7.11 Å². The van der Waals surface area contributed by atoms with Gasteiger partial charge in [0.05, 0.1) is 25.7 Å². The van der Waals surface area contributed by atoms with Crippen LogP contribution in [0.1, 0.15) is 50.0 Å². The molecular weight excluding hydrogens is 618 g/mol. The predicted molar refractivity (Wildman–Crippen MR) is 156 cm³/mol. The number of fused-ring (bicyclic) bond motifs is 1. The molecule has 1 aliphatic heterocycles. The molecule has 240 valence electrons. The summed E-state index contributed by atoms with van der Waals surface area (Å²) in [6.07, 6.45) is -7.04. The second-order valence-corrected chi connectivity index (χ2v) is 10.7. The fourth-order valence-corrected chi connectivity index (χ4v) is 5.76. The summed E-state index contributed by atoms with van der Waals surface area (Å²) < 4.78 is 61.9. The second-order valence-electron chi connectivity index (χ2n) is 10.4. The van der Waals surface area contributed by atoms with E-state index in [2.05, 4.69) is 0 Å². The van der Waals surface area contributed by atoms with Gasteiger partial charge in [0.25, 0.3) is 0 Å². The van der Waals surface area contributed by atoms with Crippen LogP contribution in [0.25, 0.3) is 10.8 Å². The Kier molecular flexibility index (Phi) is 10.6. The van der Waals surface area contributed by atoms with Crippen molar-refractivity contribution in [3.63, 3.8) is 0 Å². The highest BCUT2D eigenvalue weighted by Gasteiger charge is 2.53. The van der Waals surface area contributed by atoms with Crippen molar-refractivity contribution in [2.24, 2.45) is 0 Å². The first-order valence-corrected chi connectivity index (χ1v) is 14.2. The summed E-state index contributed by atoms with van der Waals surface area (Å²) in [6, 6.07) is 10.8. The average molecular weight is 649 g/mol. The average Bonchev–Trinajstić information content (AvgIpc) is 2.96. The Morgan fingerprint density at radius 2 is 1.38 bits per heavy atom. The van der Waals surface area contributed by atoms with Crippen LogP contribution in [0.5, 0.6) is 5.75 Å². The molecule has 10 nitrogen and oxygen atoms in total. The van der Waals surface area contributed by atoms with E-state index < -0.39 is 78.2 Å². The van der Waals surface area contributed by atoms with Gasteiger partial charge in [0, 0.05) is 26.2 Å². The van der Waals surface area contributed by atoms with Crippen LogP contribution >= 0.6 is 11.6 Å². The van der Waals surface area contributed by atoms with Crippen molar-refractivity contribution >= 4 is 46.3 Å². The normalized spacial score (nSPS) is 21.1. The zero-order valence-corrected chi connectivity index (χ0v) is 25.8. The van der Waals surface area contributed by atoms with Gasteiger partial charge in [0.1, 0.15) is 12.2 Å². The van der Waals surface area contributed by atoms with Crippen LogP contribution in [0.4, 0.5) is 8.78 Å². The van der Waals surface area contributed by atoms with Gasteiger partial charge in [-0.2, -0.15) is 0 Å². The molecule has 0 saturated carbocycles. The van der Waals surface area contributed by atoms with E-state index in [-0.39, 0.29) is 17.0 Å². The highest BCUT2D eigenvalue weighted by atomic mass is 35.5. The van der Waals surface area contributed by atoms with Crippen LogP contribution in [0.2, 0.25) is 5.02 Å². The van der Waals surface area contributed by atoms with Crippen LogP contribution in [0, 0.1) is 11.6 Å². The predicted octanol–water partition coefficient (Wildman–Crippen LogP) is 5.17. The molecule has 3 aromatic rings. The number of rotatable bonds is 9. The summed E-state index contributed by atoms with van der Waals surface area (Å²) in [5.74, 6) is -5.36. The van der Waals surface area contributed by atoms with Gasteiger partial charge in [-0.3, -0.25) is 19.2 Å². The molecule has 4 rings (SSSR count). The molecule has 1 aliphatic rings. The summed E-state index contributed by atoms with van der Waals surface area (Å²) in [5.41, 5.74) is 1.06. The van der Waals surface area contributed by atoms with E-state index in [1.54, 1.807) is 30.3 Å². The lowest BCUT2D eigenvalue weighted by Gasteiger charge is -2.45. The molecule has 0 unspecified atom stereocenters. The maximum absolute atomic E-state index is 14.6. The van der Waals surface area contributed by atoms with Gasteiger partial charge in [0.2, 0.25) is 0 Å². The van der Waals surface area contributed by atoms with E-state index >= 15 is 0 Å². The number of ether oxygens (including phenoxy) is 6. The van der Waals surface area contributed by atoms with E-state index in [0.717, 1.165) is 40.0 Å². The van der Waals surface area contributed by atoms with Gasteiger partial charge in [-0.05, 0) is 40.6 Å². The first-order chi connectivity index (χ1) is 21.3. The quantitative estimate of drug-likeness (QED) is 0.227. The maximum atomic E-state index is 14.6. The molecule has 0 radical (unpaired) electrons. The Hall–Kier alpha value is -4.29. The van der Waals surface area contributed by atoms with E-state index in [0.29, 0.717) is 21.9 Å². The summed E-state index contributed by atoms with van der Waals surface area (Å²) >= 11 is 6.83. The van der Waals surface area contributed by atoms with Crippen molar-refractivity contribution < 1.29 is 56.4 Å². The minimum absolute atomic E-state index is 0.0332. The Labute approximate surface area is 262 Å². The molecule has 0 bridgehead atoms. The van der Waals surface area contributed by atoms with Crippen LogP contribution < -0.4 is 4.74 Å². The Morgan fingerprint density at radius 3 is 1.93 bits per heavy atom. The van der Waals surface area contributed by atoms with E-state index in [1.807, 2.05) is 0 Å². The number of halogens is 3. The standard InChI is InChI=1S/C32H31ClF2O10/c1-15(36)42-30-25(14-26(39)40-4)45-28(31(43-16(2)37)32(30)44-17(3)38)22-13-19(27(33)21-9-7-6-8-20(21)22)10-18-11-23(34)29(41-5)24(35)12-18/h6-9,11-13,25,28,30-32H,10,14H2,1-5H3/t25-,28+,30-,31+,32-/m1/s1. The van der Waals surface area contributed by atoms with Crippen LogP contribution in [-0.2, 0) is 49.3 Å². The van der Waals surface area contributed by atoms with Crippen LogP contribution in [0.15, 0.2) is 42.5 Å². The molecule has 5 atom stereocenters. The number of esters is 4. The zero-order chi connectivity index (χ0) is 33.0. The molecule has 1 heterocycles. The third-order valence-corrected chi connectivity index (χ3v) is 7.63. The minimum Gasteiger partial charge on any atom is -0.491 e. The molecule has 0 amide bonds. The highest BCUT2D eigenvalue weighted by molar-refractivity contribution is 6.36. The third kappa shape index (κ3) is 7.51. The smallest absolute Gasteiger partial charge is 0.308 e. The van der Waals surface area contributed by atoms with Crippen molar-refractivity contribution in [2.45, 2.75) is 64.1 Å². The Balaban J connectivity index is 1.93.